The molecule has 0 aliphatic heterocycles. The molecule has 0 aliphatic rings. The first-order chi connectivity index (χ1) is 70.2. The molecule has 0 bridgehead atoms. The van der Waals surface area contributed by atoms with Crippen LogP contribution < -0.4 is 49.5 Å². The zero-order valence-electron chi connectivity index (χ0n) is 81.3. The Labute approximate surface area is 833 Å². The molecule has 6 N–H and O–H groups in total. The van der Waals surface area contributed by atoms with Crippen LogP contribution in [0, 0.1) is 115 Å². The summed E-state index contributed by atoms with van der Waals surface area (Å²) in [6, 6.07) is 94.1. The standard InChI is InChI=1S/C21H17N3O2.C20H19N3O2.C20H17N3O.C20H18N2O3.C19H14N2O2.C18H12N2O/c1-3-24-20(11-6-15-4-7-16(8-5-15)23-14-25)19(13-22)18-10-9-17(26-2)12-21(18)24;1-4-23-19-10-9-16(25-3)11-17(19)18(12-21)20(23)14-5-7-15(8-6-14)22-13(2)24;1-3-23-19-11-9-16(24-2)12-17(19)18(13-21)20(23)10-6-14-4-7-15(22)8-5-14;1-4-22-18-10-9-15(24-2)11-16(18)17(12-21)19(22)13-5-7-14(8-6-13)20(23)25-3;1-22-14-5-3-4-13(10-14)6-9-18-17(12-20)16-8-7-15(23-2)11-19(16)21-18;1-21-14-8-9-15-16(12-19)17(20-18(15)11-14)10-7-13-5-3-2-4-6-13/h4-5,7-10,12,14H,3H2,1-2H3,(H,23,25);5-11H,4H2,1-3H3,(H,22,24);4-5,7-9,11-12H,3,22H2,1-2H3;5-11H,4H2,1-3H3;3-5,7-8,10-11,21H,1-2H3;2-6,8-9,11,20H,1H3. The Hall–Kier alpha value is -20.1. The van der Waals surface area contributed by atoms with Crippen molar-refractivity contribution in [1.29, 1.82) is 31.6 Å². The van der Waals surface area contributed by atoms with Crippen LogP contribution in [-0.2, 0) is 40.5 Å². The molecule has 0 atom stereocenters. The van der Waals surface area contributed by atoms with Crippen molar-refractivity contribution in [2.24, 2.45) is 0 Å². The Kier molecular flexibility index (Phi) is 33.8. The Morgan fingerprint density at radius 1 is 0.340 bits per heavy atom. The lowest BCUT2D eigenvalue weighted by Crippen LogP contribution is -2.05. The average Bonchev–Trinajstić information content (AvgIpc) is 1.61. The van der Waals surface area contributed by atoms with E-state index in [2.05, 4.69) is 125 Å². The Morgan fingerprint density at radius 2 is 0.701 bits per heavy atom. The van der Waals surface area contributed by atoms with Gasteiger partial charge in [0.05, 0.1) is 140 Å². The van der Waals surface area contributed by atoms with Crippen molar-refractivity contribution >= 4 is 101 Å². The fourth-order valence-corrected chi connectivity index (χ4v) is 16.3. The number of nitrogens with two attached hydrogens (primary N) is 1. The second kappa shape index (κ2) is 48.1. The molecule has 2 amide bonds. The van der Waals surface area contributed by atoms with Crippen molar-refractivity contribution in [3.05, 3.63) is 345 Å². The molecule has 710 valence electrons. The molecule has 0 fully saturated rings. The van der Waals surface area contributed by atoms with Gasteiger partial charge in [-0.05, 0) is 257 Å². The summed E-state index contributed by atoms with van der Waals surface area (Å²) in [6.45, 7) is 12.5. The number of fused-ring (bicyclic) bond motifs is 6. The number of anilines is 3. The van der Waals surface area contributed by atoms with E-state index in [4.69, 9.17) is 43.6 Å². The van der Waals surface area contributed by atoms with Gasteiger partial charge in [0.1, 0.15) is 99.4 Å². The van der Waals surface area contributed by atoms with Crippen LogP contribution in [0.1, 0.15) is 123 Å². The van der Waals surface area contributed by atoms with Crippen LogP contribution >= 0.6 is 0 Å². The Bertz CT molecular complexity index is 8420. The number of aromatic amines is 2. The first-order valence-electron chi connectivity index (χ1n) is 45.3. The SMILES string of the molecule is CCn1c(-c2ccc(C(=O)OC)cc2)c(C#N)c2cc(OC)ccc21.CCn1c(-c2ccc(NC(C)=O)cc2)c(C#N)c2cc(OC)ccc21.CCn1c(C#Cc2ccc(N)cc2)c(C#N)c2cc(OC)ccc21.CCn1c(C#Cc2ccc(NC=O)cc2)c(C#N)c2ccc(OC)cc21.COc1ccc2c(C#N)c(C#Cc3ccccc3)[nH]c2c1.COc1cccc(C#Cc2[nH]c3cc(OC)ccc3c2C#N)c1. The predicted octanol–water partition coefficient (Wildman–Crippen LogP) is 22.1. The zero-order chi connectivity index (χ0) is 102. The number of carbonyl (C=O) groups is 3. The summed E-state index contributed by atoms with van der Waals surface area (Å²) in [5.41, 5.74) is 26.9. The maximum Gasteiger partial charge on any atom is 0.337 e. The lowest BCUT2D eigenvalue weighted by molar-refractivity contribution is -0.114. The third kappa shape index (κ3) is 22.9. The number of carbonyl (C=O) groups excluding carboxylic acids is 3. The van der Waals surface area contributed by atoms with E-state index in [0.29, 0.717) is 86.1 Å². The smallest absolute Gasteiger partial charge is 0.337 e. The number of amides is 2. The van der Waals surface area contributed by atoms with Crippen molar-refractivity contribution in [3.8, 4) is 147 Å². The van der Waals surface area contributed by atoms with Crippen LogP contribution in [0.4, 0.5) is 17.1 Å². The van der Waals surface area contributed by atoms with E-state index >= 15 is 0 Å². The quantitative estimate of drug-likeness (QED) is 0.0245. The van der Waals surface area contributed by atoms with Crippen LogP contribution in [0.2, 0.25) is 0 Å². The van der Waals surface area contributed by atoms with Gasteiger partial charge in [-0.15, -0.1) is 0 Å². The summed E-state index contributed by atoms with van der Waals surface area (Å²) in [4.78, 5) is 39.6. The molecule has 0 aliphatic carbocycles. The Balaban J connectivity index is 0.000000145. The maximum atomic E-state index is 11.6. The number of hydrogen-bond acceptors (Lipinski definition) is 18. The fourth-order valence-electron chi connectivity index (χ4n) is 16.3. The van der Waals surface area contributed by atoms with Crippen molar-refractivity contribution in [2.75, 3.05) is 73.2 Å². The van der Waals surface area contributed by atoms with Gasteiger partial charge in [-0.3, -0.25) is 9.59 Å². The summed E-state index contributed by atoms with van der Waals surface area (Å²) in [5.74, 6) is 29.3. The number of aryl methyl sites for hydroxylation is 4. The van der Waals surface area contributed by atoms with E-state index in [-0.39, 0.29) is 11.9 Å². The minimum Gasteiger partial charge on any atom is -0.497 e. The van der Waals surface area contributed by atoms with E-state index in [1.165, 1.54) is 14.0 Å². The largest absolute Gasteiger partial charge is 0.497 e. The van der Waals surface area contributed by atoms with Crippen LogP contribution in [0.25, 0.3) is 87.9 Å². The molecule has 18 aromatic rings. The third-order valence-electron chi connectivity index (χ3n) is 23.3. The van der Waals surface area contributed by atoms with Gasteiger partial charge in [-0.1, -0.05) is 72.2 Å². The lowest BCUT2D eigenvalue weighted by Gasteiger charge is -2.10. The number of ether oxygens (including phenoxy) is 8. The maximum absolute atomic E-state index is 11.6. The summed E-state index contributed by atoms with van der Waals surface area (Å²) < 4.78 is 49.8. The molecule has 6 heterocycles. The lowest BCUT2D eigenvalue weighted by atomic mass is 10.0. The highest BCUT2D eigenvalue weighted by molar-refractivity contribution is 6.00. The summed E-state index contributed by atoms with van der Waals surface area (Å²) in [7, 11) is 12.7. The number of benzene rings is 12. The van der Waals surface area contributed by atoms with Gasteiger partial charge < -0.3 is 82.5 Å². The van der Waals surface area contributed by atoms with E-state index in [9.17, 15) is 46.0 Å². The minimum absolute atomic E-state index is 0.111. The van der Waals surface area contributed by atoms with E-state index in [1.54, 1.807) is 74.0 Å². The number of aromatic nitrogens is 6. The second-order valence-electron chi connectivity index (χ2n) is 31.5. The molecule has 6 aromatic heterocycles. The first kappa shape index (κ1) is 101. The molecule has 26 nitrogen and oxygen atoms in total. The number of nitrogens with zero attached hydrogens (tertiary/aromatic N) is 10. The summed E-state index contributed by atoms with van der Waals surface area (Å²) in [5, 5.41) is 68.1. The molecule has 26 heteroatoms. The Morgan fingerprint density at radius 3 is 1.13 bits per heavy atom. The molecule has 12 aromatic carbocycles. The molecule has 144 heavy (non-hydrogen) atoms. The molecule has 0 saturated carbocycles. The number of rotatable bonds is 17. The summed E-state index contributed by atoms with van der Waals surface area (Å²) in [6.07, 6.45) is 0.633. The number of nitriles is 6. The van der Waals surface area contributed by atoms with Gasteiger partial charge in [0.25, 0.3) is 0 Å². The predicted molar refractivity (Wildman–Crippen MR) is 562 cm³/mol. The van der Waals surface area contributed by atoms with Crippen molar-refractivity contribution in [2.45, 2.75) is 60.8 Å². The first-order valence-corrected chi connectivity index (χ1v) is 45.3. The minimum atomic E-state index is -0.382. The number of methoxy groups -OCH3 is 8. The molecule has 0 spiro atoms. The third-order valence-corrected chi connectivity index (χ3v) is 23.3. The van der Waals surface area contributed by atoms with Crippen LogP contribution in [-0.4, -0.2) is 103 Å². The molecule has 0 saturated heterocycles. The van der Waals surface area contributed by atoms with Crippen molar-refractivity contribution in [1.82, 2.24) is 28.2 Å². The number of nitrogen functional groups attached to an aromatic ring is 1. The number of H-pyrrole nitrogens is 2. The van der Waals surface area contributed by atoms with Gasteiger partial charge in [0, 0.05) is 123 Å². The number of hydrogen-bond donors (Lipinski definition) is 5. The molecular weight excluding hydrogens is 1800 g/mol. The van der Waals surface area contributed by atoms with Crippen LogP contribution in [0.15, 0.2) is 261 Å². The van der Waals surface area contributed by atoms with E-state index < -0.39 is 0 Å². The highest BCUT2D eigenvalue weighted by Crippen LogP contribution is 2.40. The highest BCUT2D eigenvalue weighted by atomic mass is 16.5. The normalized spacial score (nSPS) is 10.1. The van der Waals surface area contributed by atoms with Crippen LogP contribution in [0.3, 0.4) is 0 Å². The van der Waals surface area contributed by atoms with E-state index in [0.717, 1.165) is 176 Å². The van der Waals surface area contributed by atoms with Crippen molar-refractivity contribution in [3.63, 3.8) is 0 Å². The van der Waals surface area contributed by atoms with Gasteiger partial charge in [0.2, 0.25) is 12.3 Å². The fraction of sp³-hybridized carbons (Fsp3) is 0.144. The monoisotopic (exact) mass is 1900 g/mol. The highest BCUT2D eigenvalue weighted by Gasteiger charge is 2.24. The van der Waals surface area contributed by atoms with Gasteiger partial charge in [-0.2, -0.15) is 31.6 Å². The van der Waals surface area contributed by atoms with Crippen molar-refractivity contribution < 1.29 is 52.3 Å². The van der Waals surface area contributed by atoms with Crippen LogP contribution in [0.5, 0.6) is 40.2 Å². The van der Waals surface area contributed by atoms with Gasteiger partial charge >= 0.3 is 5.97 Å². The molecular formula is C118H97N15O11. The number of nitrogens with one attached hydrogen (secondary N) is 4. The van der Waals surface area contributed by atoms with Gasteiger partial charge in [0.15, 0.2) is 0 Å². The molecule has 18 rings (SSSR count). The number of esters is 1. The van der Waals surface area contributed by atoms with Gasteiger partial charge in [-0.25, -0.2) is 4.79 Å². The average molecular weight is 1900 g/mol. The zero-order valence-corrected chi connectivity index (χ0v) is 81.3. The summed E-state index contributed by atoms with van der Waals surface area (Å²) >= 11 is 0. The molecule has 0 unspecified atom stereocenters. The molecule has 0 radical (unpaired) electrons. The van der Waals surface area contributed by atoms with E-state index in [1.807, 2.05) is 262 Å². The topological polar surface area (TPSA) is 369 Å². The second-order valence-corrected chi connectivity index (χ2v) is 31.5.